The van der Waals surface area contributed by atoms with Gasteiger partial charge in [-0.1, -0.05) is 11.6 Å². The molecule has 1 aliphatic heterocycles. The minimum Gasteiger partial charge on any atom is -0.447 e. The van der Waals surface area contributed by atoms with Crippen LogP contribution in [0.25, 0.3) is 0 Å². The number of hydrogen-bond donors (Lipinski definition) is 1. The number of aliphatic hydroxyl groups excluding tert-OH is 1. The lowest BCUT2D eigenvalue weighted by atomic mass is 10.1. The summed E-state index contributed by atoms with van der Waals surface area (Å²) in [6, 6.07) is 3.87. The van der Waals surface area contributed by atoms with Crippen LogP contribution in [0.3, 0.4) is 0 Å². The first kappa shape index (κ1) is 15.4. The standard InChI is InChI=1S/C12H8ClF3N2O3/c13-8-3-7(2-1-6(8)4-17)18-9(5-21-11(18)20)10(19)12(14,15)16/h1-3,9-10,19H,5H2/t9-,10+/m0/s1. The Kier molecular flexibility index (Phi) is 3.98. The number of benzene rings is 1. The molecular weight excluding hydrogens is 313 g/mol. The Hall–Kier alpha value is -1.98. The van der Waals surface area contributed by atoms with Gasteiger partial charge in [0.2, 0.25) is 0 Å². The van der Waals surface area contributed by atoms with Crippen LogP contribution in [0.2, 0.25) is 5.02 Å². The highest BCUT2D eigenvalue weighted by Crippen LogP contribution is 2.33. The van der Waals surface area contributed by atoms with Crippen molar-refractivity contribution in [2.24, 2.45) is 0 Å². The largest absolute Gasteiger partial charge is 0.447 e. The van der Waals surface area contributed by atoms with Gasteiger partial charge in [0.15, 0.2) is 6.10 Å². The van der Waals surface area contributed by atoms with Gasteiger partial charge in [-0.3, -0.25) is 4.90 Å². The van der Waals surface area contributed by atoms with E-state index in [0.29, 0.717) is 4.90 Å². The summed E-state index contributed by atoms with van der Waals surface area (Å²) in [5.41, 5.74) is 0.121. The predicted molar refractivity (Wildman–Crippen MR) is 65.8 cm³/mol. The van der Waals surface area contributed by atoms with E-state index in [9.17, 15) is 23.1 Å². The zero-order valence-electron chi connectivity index (χ0n) is 10.3. The van der Waals surface area contributed by atoms with Gasteiger partial charge >= 0.3 is 12.3 Å². The van der Waals surface area contributed by atoms with Crippen molar-refractivity contribution in [3.63, 3.8) is 0 Å². The van der Waals surface area contributed by atoms with Crippen molar-refractivity contribution in [2.75, 3.05) is 11.5 Å². The average Bonchev–Trinajstić information content (AvgIpc) is 2.78. The molecule has 1 amide bonds. The number of nitrogens with zero attached hydrogens (tertiary/aromatic N) is 2. The third-order valence-electron chi connectivity index (χ3n) is 2.96. The summed E-state index contributed by atoms with van der Waals surface area (Å²) in [5, 5.41) is 18.0. The summed E-state index contributed by atoms with van der Waals surface area (Å²) < 4.78 is 42.4. The number of cyclic esters (lactones) is 1. The third-order valence-corrected chi connectivity index (χ3v) is 3.27. The van der Waals surface area contributed by atoms with Gasteiger partial charge in [0.1, 0.15) is 18.7 Å². The number of rotatable bonds is 2. The first-order chi connectivity index (χ1) is 9.75. The topological polar surface area (TPSA) is 73.6 Å². The van der Waals surface area contributed by atoms with Crippen molar-refractivity contribution in [3.05, 3.63) is 28.8 Å². The summed E-state index contributed by atoms with van der Waals surface area (Å²) in [6.45, 7) is -0.600. The normalized spacial score (nSPS) is 20.1. The molecule has 2 rings (SSSR count). The fraction of sp³-hybridized carbons (Fsp3) is 0.333. The molecule has 1 aromatic rings. The lowest BCUT2D eigenvalue weighted by Crippen LogP contribution is -2.49. The van der Waals surface area contributed by atoms with E-state index in [1.54, 1.807) is 6.07 Å². The van der Waals surface area contributed by atoms with Crippen LogP contribution in [0.15, 0.2) is 18.2 Å². The molecule has 1 aromatic carbocycles. The summed E-state index contributed by atoms with van der Waals surface area (Å²) in [6.07, 6.45) is -8.67. The lowest BCUT2D eigenvalue weighted by molar-refractivity contribution is -0.209. The molecule has 0 radical (unpaired) electrons. The Bertz CT molecular complexity index is 615. The molecule has 0 saturated carbocycles. The Morgan fingerprint density at radius 2 is 2.19 bits per heavy atom. The molecule has 5 nitrogen and oxygen atoms in total. The number of nitriles is 1. The molecule has 0 aromatic heterocycles. The maximum absolute atomic E-state index is 12.6. The molecule has 1 aliphatic rings. The molecule has 1 heterocycles. The van der Waals surface area contributed by atoms with E-state index in [-0.39, 0.29) is 16.3 Å². The number of hydrogen-bond acceptors (Lipinski definition) is 4. The van der Waals surface area contributed by atoms with Crippen molar-refractivity contribution in [1.29, 1.82) is 5.26 Å². The number of amides is 1. The lowest BCUT2D eigenvalue weighted by Gasteiger charge is -2.27. The fourth-order valence-corrected chi connectivity index (χ4v) is 2.15. The monoisotopic (exact) mass is 320 g/mol. The van der Waals surface area contributed by atoms with Gasteiger partial charge in [-0.15, -0.1) is 0 Å². The molecule has 0 spiro atoms. The molecule has 2 atom stereocenters. The van der Waals surface area contributed by atoms with Crippen LogP contribution < -0.4 is 4.90 Å². The highest BCUT2D eigenvalue weighted by atomic mass is 35.5. The SMILES string of the molecule is N#Cc1ccc(N2C(=O)OC[C@H]2[C@@H](O)C(F)(F)F)cc1Cl. The van der Waals surface area contributed by atoms with E-state index in [1.165, 1.54) is 18.2 Å². The Balaban J connectivity index is 2.38. The molecule has 9 heteroatoms. The van der Waals surface area contributed by atoms with Crippen molar-refractivity contribution in [3.8, 4) is 6.07 Å². The number of halogens is 4. The molecule has 112 valence electrons. The maximum Gasteiger partial charge on any atom is 0.416 e. The van der Waals surface area contributed by atoms with Crippen molar-refractivity contribution in [2.45, 2.75) is 18.3 Å². The number of carbonyl (C=O) groups excluding carboxylic acids is 1. The van der Waals surface area contributed by atoms with Crippen molar-refractivity contribution in [1.82, 2.24) is 0 Å². The minimum atomic E-state index is -4.90. The number of anilines is 1. The molecule has 1 N–H and O–H groups in total. The van der Waals surface area contributed by atoms with Crippen LogP contribution in [0.1, 0.15) is 5.56 Å². The second kappa shape index (κ2) is 5.42. The van der Waals surface area contributed by atoms with Crippen molar-refractivity contribution < 1.29 is 27.8 Å². The van der Waals surface area contributed by atoms with Gasteiger partial charge < -0.3 is 9.84 Å². The highest BCUT2D eigenvalue weighted by Gasteiger charge is 2.50. The predicted octanol–water partition coefficient (Wildman–Crippen LogP) is 2.46. The van der Waals surface area contributed by atoms with Crippen LogP contribution in [-0.2, 0) is 4.74 Å². The van der Waals surface area contributed by atoms with E-state index in [2.05, 4.69) is 4.74 Å². The second-order valence-electron chi connectivity index (χ2n) is 4.28. The number of carbonyl (C=O) groups is 1. The Morgan fingerprint density at radius 1 is 1.52 bits per heavy atom. The van der Waals surface area contributed by atoms with Gasteiger partial charge in [-0.2, -0.15) is 18.4 Å². The van der Waals surface area contributed by atoms with Crippen LogP contribution in [0.4, 0.5) is 23.7 Å². The van der Waals surface area contributed by atoms with Gasteiger partial charge in [0, 0.05) is 5.69 Å². The van der Waals surface area contributed by atoms with Gasteiger partial charge in [0.05, 0.1) is 10.6 Å². The summed E-state index contributed by atoms with van der Waals surface area (Å²) in [4.78, 5) is 12.3. The first-order valence-electron chi connectivity index (χ1n) is 5.66. The van der Waals surface area contributed by atoms with E-state index >= 15 is 0 Å². The number of ether oxygens (including phenoxy) is 1. The number of alkyl halides is 3. The quantitative estimate of drug-likeness (QED) is 0.908. The minimum absolute atomic E-state index is 0.00907. The summed E-state index contributed by atoms with van der Waals surface area (Å²) in [5.74, 6) is 0. The molecule has 21 heavy (non-hydrogen) atoms. The van der Waals surface area contributed by atoms with Crippen molar-refractivity contribution >= 4 is 23.4 Å². The molecule has 0 aliphatic carbocycles. The zero-order valence-corrected chi connectivity index (χ0v) is 11.0. The Morgan fingerprint density at radius 3 is 2.71 bits per heavy atom. The molecule has 1 fully saturated rings. The van der Waals surface area contributed by atoms with Gasteiger partial charge in [-0.25, -0.2) is 4.79 Å². The molecule has 0 bridgehead atoms. The van der Waals surface area contributed by atoms with E-state index < -0.39 is 31.0 Å². The maximum atomic E-state index is 12.6. The molecular formula is C12H8ClF3N2O3. The second-order valence-corrected chi connectivity index (χ2v) is 4.68. The Labute approximate surface area is 122 Å². The number of aliphatic hydroxyl groups is 1. The summed E-state index contributed by atoms with van der Waals surface area (Å²) in [7, 11) is 0. The fourth-order valence-electron chi connectivity index (χ4n) is 1.93. The van der Waals surface area contributed by atoms with Crippen LogP contribution >= 0.6 is 11.6 Å². The molecule has 0 unspecified atom stereocenters. The first-order valence-corrected chi connectivity index (χ1v) is 6.04. The van der Waals surface area contributed by atoms with E-state index in [0.717, 1.165) is 0 Å². The summed E-state index contributed by atoms with van der Waals surface area (Å²) >= 11 is 5.79. The van der Waals surface area contributed by atoms with Crippen LogP contribution in [0, 0.1) is 11.3 Å². The van der Waals surface area contributed by atoms with Gasteiger partial charge in [-0.05, 0) is 18.2 Å². The van der Waals surface area contributed by atoms with Crippen LogP contribution in [-0.4, -0.2) is 36.1 Å². The smallest absolute Gasteiger partial charge is 0.416 e. The van der Waals surface area contributed by atoms with Gasteiger partial charge in [0.25, 0.3) is 0 Å². The van der Waals surface area contributed by atoms with E-state index in [4.69, 9.17) is 16.9 Å². The van der Waals surface area contributed by atoms with E-state index in [1.807, 2.05) is 0 Å². The highest BCUT2D eigenvalue weighted by molar-refractivity contribution is 6.32. The third kappa shape index (κ3) is 2.89. The van der Waals surface area contributed by atoms with Crippen LogP contribution in [0.5, 0.6) is 0 Å². The zero-order chi connectivity index (χ0) is 15.8. The molecule has 1 saturated heterocycles. The average molecular weight is 321 g/mol.